The van der Waals surface area contributed by atoms with Gasteiger partial charge >= 0.3 is 0 Å². The summed E-state index contributed by atoms with van der Waals surface area (Å²) in [6, 6.07) is 14.3. The Hall–Kier alpha value is -2.86. The minimum Gasteiger partial charge on any atom is -0.369 e. The number of anilines is 1. The van der Waals surface area contributed by atoms with Crippen LogP contribution in [0.2, 0.25) is 0 Å². The molecule has 0 aromatic heterocycles. The number of carbonyl (C=O) groups excluding carboxylic acids is 1. The maximum atomic E-state index is 12.4. The highest BCUT2D eigenvalue weighted by Crippen LogP contribution is 2.17. The quantitative estimate of drug-likeness (QED) is 0.608. The Balaban J connectivity index is 1.43. The molecule has 1 aliphatic rings. The van der Waals surface area contributed by atoms with Gasteiger partial charge < -0.3 is 10.2 Å². The number of piperazine rings is 1. The van der Waals surface area contributed by atoms with Gasteiger partial charge in [-0.3, -0.25) is 9.69 Å². The molecule has 2 aromatic carbocycles. The number of amides is 1. The first-order chi connectivity index (χ1) is 14.9. The van der Waals surface area contributed by atoms with Crippen molar-refractivity contribution in [2.45, 2.75) is 11.8 Å². The third kappa shape index (κ3) is 6.31. The third-order valence-electron chi connectivity index (χ3n) is 5.24. The first-order valence-electron chi connectivity index (χ1n) is 10.2. The van der Waals surface area contributed by atoms with Gasteiger partial charge in [0.05, 0.1) is 11.4 Å². The number of rotatable bonds is 8. The minimum atomic E-state index is -3.66. The van der Waals surface area contributed by atoms with Crippen LogP contribution in [0.3, 0.4) is 0 Å². The van der Waals surface area contributed by atoms with Crippen LogP contribution in [0.1, 0.15) is 15.9 Å². The molecule has 1 heterocycles. The number of nitrogens with one attached hydrogen (secondary N) is 2. The van der Waals surface area contributed by atoms with Gasteiger partial charge in [-0.2, -0.15) is 4.72 Å². The molecule has 0 saturated carbocycles. The molecule has 1 saturated heterocycles. The zero-order valence-corrected chi connectivity index (χ0v) is 18.5. The van der Waals surface area contributed by atoms with E-state index in [0.29, 0.717) is 12.1 Å². The average Bonchev–Trinajstić information content (AvgIpc) is 2.78. The standard InChI is InChI=1S/C23H28N4O3S/c1-3-11-25-31(29,30)22-9-7-20(8-10-22)23(28)24-12-13-26-14-16-27(17-15-26)21-6-4-5-19(2)18-21/h1,4-10,18,25H,11-17H2,2H3,(H,24,28). The minimum absolute atomic E-state index is 0.0748. The zero-order valence-electron chi connectivity index (χ0n) is 17.7. The third-order valence-corrected chi connectivity index (χ3v) is 6.66. The van der Waals surface area contributed by atoms with E-state index >= 15 is 0 Å². The molecule has 0 aliphatic carbocycles. The summed E-state index contributed by atoms with van der Waals surface area (Å²) in [6.07, 6.45) is 5.08. The molecular weight excluding hydrogens is 412 g/mol. The lowest BCUT2D eigenvalue weighted by molar-refractivity contribution is 0.0947. The highest BCUT2D eigenvalue weighted by molar-refractivity contribution is 7.89. The summed E-state index contributed by atoms with van der Waals surface area (Å²) in [7, 11) is -3.66. The van der Waals surface area contributed by atoms with E-state index in [9.17, 15) is 13.2 Å². The van der Waals surface area contributed by atoms with E-state index in [2.05, 4.69) is 56.9 Å². The number of sulfonamides is 1. The maximum absolute atomic E-state index is 12.4. The van der Waals surface area contributed by atoms with E-state index in [-0.39, 0.29) is 17.3 Å². The highest BCUT2D eigenvalue weighted by Gasteiger charge is 2.18. The second-order valence-corrected chi connectivity index (χ2v) is 9.24. The second-order valence-electron chi connectivity index (χ2n) is 7.48. The summed E-state index contributed by atoms with van der Waals surface area (Å²) in [4.78, 5) is 17.2. The van der Waals surface area contributed by atoms with Crippen molar-refractivity contribution in [2.24, 2.45) is 0 Å². The molecule has 31 heavy (non-hydrogen) atoms. The van der Waals surface area contributed by atoms with Gasteiger partial charge in [-0.25, -0.2) is 8.42 Å². The molecule has 0 atom stereocenters. The topological polar surface area (TPSA) is 81.7 Å². The van der Waals surface area contributed by atoms with Gasteiger partial charge in [-0.15, -0.1) is 6.42 Å². The summed E-state index contributed by atoms with van der Waals surface area (Å²) in [5.41, 5.74) is 2.94. The Morgan fingerprint density at radius 3 is 2.45 bits per heavy atom. The van der Waals surface area contributed by atoms with Crippen LogP contribution in [0, 0.1) is 19.3 Å². The molecule has 0 unspecified atom stereocenters. The molecule has 2 aromatic rings. The van der Waals surface area contributed by atoms with Gasteiger partial charge in [-0.05, 0) is 48.9 Å². The molecule has 0 radical (unpaired) electrons. The number of hydrogen-bond acceptors (Lipinski definition) is 5. The number of carbonyl (C=O) groups is 1. The summed E-state index contributed by atoms with van der Waals surface area (Å²) in [6.45, 7) is 7.14. The number of benzene rings is 2. The summed E-state index contributed by atoms with van der Waals surface area (Å²) in [5, 5.41) is 2.90. The Morgan fingerprint density at radius 1 is 1.10 bits per heavy atom. The van der Waals surface area contributed by atoms with E-state index in [0.717, 1.165) is 32.7 Å². The molecule has 1 fully saturated rings. The van der Waals surface area contributed by atoms with Crippen molar-refractivity contribution >= 4 is 21.6 Å². The van der Waals surface area contributed by atoms with Gasteiger partial charge in [0, 0.05) is 50.5 Å². The van der Waals surface area contributed by atoms with Crippen LogP contribution in [-0.4, -0.2) is 65.0 Å². The first kappa shape index (κ1) is 22.8. The van der Waals surface area contributed by atoms with E-state index in [1.807, 2.05) is 0 Å². The van der Waals surface area contributed by atoms with Crippen LogP contribution in [0.4, 0.5) is 5.69 Å². The lowest BCUT2D eigenvalue weighted by Crippen LogP contribution is -2.48. The molecule has 0 spiro atoms. The van der Waals surface area contributed by atoms with Gasteiger partial charge in [0.25, 0.3) is 5.91 Å². The van der Waals surface area contributed by atoms with Crippen molar-refractivity contribution in [3.63, 3.8) is 0 Å². The highest BCUT2D eigenvalue weighted by atomic mass is 32.2. The molecule has 1 aliphatic heterocycles. The van der Waals surface area contributed by atoms with Crippen LogP contribution in [0.5, 0.6) is 0 Å². The fraction of sp³-hybridized carbons (Fsp3) is 0.348. The molecule has 1 amide bonds. The van der Waals surface area contributed by atoms with Crippen molar-refractivity contribution < 1.29 is 13.2 Å². The van der Waals surface area contributed by atoms with Gasteiger partial charge in [0.2, 0.25) is 10.0 Å². The monoisotopic (exact) mass is 440 g/mol. The lowest BCUT2D eigenvalue weighted by atomic mass is 10.2. The van der Waals surface area contributed by atoms with Gasteiger partial charge in [-0.1, -0.05) is 18.1 Å². The molecule has 0 bridgehead atoms. The fourth-order valence-corrected chi connectivity index (χ4v) is 4.42. The Kier molecular flexibility index (Phi) is 7.69. The van der Waals surface area contributed by atoms with E-state index < -0.39 is 10.0 Å². The molecular formula is C23H28N4O3S. The summed E-state index contributed by atoms with van der Waals surface area (Å²) in [5.74, 6) is 2.00. The number of aryl methyl sites for hydroxylation is 1. The predicted octanol–water partition coefficient (Wildman–Crippen LogP) is 1.46. The smallest absolute Gasteiger partial charge is 0.251 e. The average molecular weight is 441 g/mol. The van der Waals surface area contributed by atoms with Gasteiger partial charge in [0.15, 0.2) is 0 Å². The molecule has 2 N–H and O–H groups in total. The Morgan fingerprint density at radius 2 is 1.81 bits per heavy atom. The Bertz CT molecular complexity index is 1040. The molecule has 3 rings (SSSR count). The summed E-state index contributed by atoms with van der Waals surface area (Å²) < 4.78 is 26.4. The van der Waals surface area contributed by atoms with Crippen molar-refractivity contribution in [3.05, 3.63) is 59.7 Å². The van der Waals surface area contributed by atoms with Crippen LogP contribution in [-0.2, 0) is 10.0 Å². The van der Waals surface area contributed by atoms with Crippen LogP contribution < -0.4 is 14.9 Å². The van der Waals surface area contributed by atoms with Crippen molar-refractivity contribution in [1.29, 1.82) is 0 Å². The van der Waals surface area contributed by atoms with Crippen LogP contribution in [0.15, 0.2) is 53.4 Å². The van der Waals surface area contributed by atoms with Crippen molar-refractivity contribution in [1.82, 2.24) is 14.9 Å². The molecule has 164 valence electrons. The largest absolute Gasteiger partial charge is 0.369 e. The van der Waals surface area contributed by atoms with Crippen LogP contribution in [0.25, 0.3) is 0 Å². The van der Waals surface area contributed by atoms with E-state index in [1.54, 1.807) is 0 Å². The zero-order chi connectivity index (χ0) is 22.3. The van der Waals surface area contributed by atoms with E-state index in [1.165, 1.54) is 35.5 Å². The SMILES string of the molecule is C#CCNS(=O)(=O)c1ccc(C(=O)NCCN2CCN(c3cccc(C)c3)CC2)cc1. The second kappa shape index (κ2) is 10.4. The first-order valence-corrected chi connectivity index (χ1v) is 11.7. The van der Waals surface area contributed by atoms with Gasteiger partial charge in [0.1, 0.15) is 0 Å². The number of terminal acetylenes is 1. The molecule has 7 nitrogen and oxygen atoms in total. The Labute approximate surface area is 184 Å². The summed E-state index contributed by atoms with van der Waals surface area (Å²) >= 11 is 0. The predicted molar refractivity (Wildman–Crippen MR) is 123 cm³/mol. The maximum Gasteiger partial charge on any atom is 0.251 e. The van der Waals surface area contributed by atoms with E-state index in [4.69, 9.17) is 6.42 Å². The number of hydrogen-bond donors (Lipinski definition) is 2. The molecule has 8 heteroatoms. The number of nitrogens with zero attached hydrogens (tertiary/aromatic N) is 2. The van der Waals surface area contributed by atoms with Crippen LogP contribution >= 0.6 is 0 Å². The van der Waals surface area contributed by atoms with Crippen molar-refractivity contribution in [2.75, 3.05) is 50.7 Å². The normalized spacial score (nSPS) is 14.8. The fourth-order valence-electron chi connectivity index (χ4n) is 3.49. The van der Waals surface area contributed by atoms with Crippen molar-refractivity contribution in [3.8, 4) is 12.3 Å². The lowest BCUT2D eigenvalue weighted by Gasteiger charge is -2.36.